The number of anilines is 2. The summed E-state index contributed by atoms with van der Waals surface area (Å²) in [5.41, 5.74) is 2.45. The van der Waals surface area contributed by atoms with Crippen LogP contribution in [0.15, 0.2) is 132 Å². The largest absolute Gasteiger partial charge is 0.324 e. The molecule has 0 saturated heterocycles. The molecule has 1 atom stereocenters. The molecule has 3 amide bonds. The number of para-hydroxylation sites is 1. The molecule has 6 nitrogen and oxygen atoms in total. The van der Waals surface area contributed by atoms with Crippen LogP contribution in [0.5, 0.6) is 0 Å². The first-order valence-electron chi connectivity index (χ1n) is 13.6. The molecular weight excluding hydrogens is 578 g/mol. The highest BCUT2D eigenvalue weighted by Gasteiger charge is 2.18. The number of carbonyl (C=O) groups excluding carboxylic acids is 3. The molecule has 5 rings (SSSR count). The predicted octanol–water partition coefficient (Wildman–Crippen LogP) is 8.02. The molecule has 0 heterocycles. The Balaban J connectivity index is 1.31. The maximum Gasteiger partial charge on any atom is 0.272 e. The highest BCUT2D eigenvalue weighted by molar-refractivity contribution is 8.00. The Morgan fingerprint density at radius 1 is 0.744 bits per heavy atom. The summed E-state index contributed by atoms with van der Waals surface area (Å²) >= 11 is 7.54. The SMILES string of the molecule is CC(Sc1ccc(NC(=O)/C(=C/c2cccc3ccccc23)NC(=O)c2ccccc2)cc1)C(=O)Nc1ccccc1Cl. The Morgan fingerprint density at radius 2 is 1.42 bits per heavy atom. The summed E-state index contributed by atoms with van der Waals surface area (Å²) in [6.07, 6.45) is 1.68. The third-order valence-corrected chi connectivity index (χ3v) is 8.02. The van der Waals surface area contributed by atoms with Gasteiger partial charge in [-0.25, -0.2) is 0 Å². The summed E-state index contributed by atoms with van der Waals surface area (Å²) in [5.74, 6) is -1.03. The van der Waals surface area contributed by atoms with Gasteiger partial charge in [-0.05, 0) is 77.9 Å². The molecule has 0 aliphatic heterocycles. The molecule has 0 bridgehead atoms. The van der Waals surface area contributed by atoms with E-state index in [4.69, 9.17) is 11.6 Å². The molecule has 0 aliphatic rings. The number of fused-ring (bicyclic) bond motifs is 1. The molecule has 0 aromatic heterocycles. The zero-order valence-corrected chi connectivity index (χ0v) is 24.8. The van der Waals surface area contributed by atoms with Gasteiger partial charge in [0.25, 0.3) is 11.8 Å². The van der Waals surface area contributed by atoms with Gasteiger partial charge in [-0.15, -0.1) is 11.8 Å². The monoisotopic (exact) mass is 605 g/mol. The van der Waals surface area contributed by atoms with Crippen molar-refractivity contribution in [3.8, 4) is 0 Å². The van der Waals surface area contributed by atoms with Gasteiger partial charge in [0.05, 0.1) is 16.0 Å². The van der Waals surface area contributed by atoms with E-state index in [0.29, 0.717) is 22.0 Å². The molecular formula is C35H28ClN3O3S. The highest BCUT2D eigenvalue weighted by Crippen LogP contribution is 2.28. The zero-order chi connectivity index (χ0) is 30.2. The van der Waals surface area contributed by atoms with Gasteiger partial charge in [0.1, 0.15) is 5.70 Å². The Kier molecular flexibility index (Phi) is 9.56. The number of thioether (sulfide) groups is 1. The van der Waals surface area contributed by atoms with Crippen LogP contribution in [0.4, 0.5) is 11.4 Å². The fourth-order valence-corrected chi connectivity index (χ4v) is 5.39. The molecule has 0 aliphatic carbocycles. The third kappa shape index (κ3) is 7.71. The van der Waals surface area contributed by atoms with Gasteiger partial charge in [-0.1, -0.05) is 84.4 Å². The van der Waals surface area contributed by atoms with Crippen LogP contribution in [0.2, 0.25) is 5.02 Å². The molecule has 214 valence electrons. The highest BCUT2D eigenvalue weighted by atomic mass is 35.5. The second kappa shape index (κ2) is 13.9. The van der Waals surface area contributed by atoms with Crippen molar-refractivity contribution in [2.45, 2.75) is 17.1 Å². The first kappa shape index (κ1) is 29.6. The number of benzene rings is 5. The van der Waals surface area contributed by atoms with E-state index in [9.17, 15) is 14.4 Å². The second-order valence-corrected chi connectivity index (χ2v) is 11.5. The molecule has 0 fully saturated rings. The quantitative estimate of drug-likeness (QED) is 0.117. The first-order valence-corrected chi connectivity index (χ1v) is 14.8. The number of rotatable bonds is 9. The standard InChI is InChI=1S/C35H28ClN3O3S/c1-23(33(40)38-31-17-8-7-16-30(31)36)43-28-20-18-27(19-21-28)37-35(42)32(39-34(41)25-11-3-2-4-12-25)22-26-14-9-13-24-10-5-6-15-29(24)26/h2-23H,1H3,(H,37,42)(H,38,40)(H,39,41)/b32-22-. The van der Waals surface area contributed by atoms with Gasteiger partial charge in [0.2, 0.25) is 5.91 Å². The van der Waals surface area contributed by atoms with Gasteiger partial charge in [0, 0.05) is 16.1 Å². The lowest BCUT2D eigenvalue weighted by Crippen LogP contribution is -2.30. The molecule has 3 N–H and O–H groups in total. The lowest BCUT2D eigenvalue weighted by molar-refractivity contribution is -0.115. The lowest BCUT2D eigenvalue weighted by atomic mass is 10.0. The van der Waals surface area contributed by atoms with Crippen LogP contribution in [-0.4, -0.2) is 23.0 Å². The number of halogens is 1. The zero-order valence-electron chi connectivity index (χ0n) is 23.2. The Hall–Kier alpha value is -4.85. The minimum absolute atomic E-state index is 0.105. The first-order chi connectivity index (χ1) is 20.9. The van der Waals surface area contributed by atoms with Crippen molar-refractivity contribution >= 4 is 69.3 Å². The summed E-state index contributed by atoms with van der Waals surface area (Å²) in [4.78, 5) is 40.1. The lowest BCUT2D eigenvalue weighted by Gasteiger charge is -2.14. The van der Waals surface area contributed by atoms with E-state index in [1.165, 1.54) is 11.8 Å². The molecule has 43 heavy (non-hydrogen) atoms. The number of carbonyl (C=O) groups is 3. The van der Waals surface area contributed by atoms with Crippen molar-refractivity contribution in [2.24, 2.45) is 0 Å². The van der Waals surface area contributed by atoms with Gasteiger partial charge in [0.15, 0.2) is 0 Å². The Bertz CT molecular complexity index is 1800. The van der Waals surface area contributed by atoms with Crippen LogP contribution in [0.3, 0.4) is 0 Å². The molecule has 1 unspecified atom stereocenters. The summed E-state index contributed by atoms with van der Waals surface area (Å²) in [7, 11) is 0. The van der Waals surface area contributed by atoms with Crippen LogP contribution >= 0.6 is 23.4 Å². The smallest absolute Gasteiger partial charge is 0.272 e. The average molecular weight is 606 g/mol. The number of amides is 3. The van der Waals surface area contributed by atoms with E-state index in [2.05, 4.69) is 16.0 Å². The number of hydrogen-bond acceptors (Lipinski definition) is 4. The van der Waals surface area contributed by atoms with Gasteiger partial charge in [-0.2, -0.15) is 0 Å². The van der Waals surface area contributed by atoms with Crippen LogP contribution < -0.4 is 16.0 Å². The van der Waals surface area contributed by atoms with Crippen molar-refractivity contribution in [1.82, 2.24) is 5.32 Å². The molecule has 8 heteroatoms. The summed E-state index contributed by atoms with van der Waals surface area (Å²) < 4.78 is 0. The minimum atomic E-state index is -0.467. The van der Waals surface area contributed by atoms with Crippen molar-refractivity contribution in [1.29, 1.82) is 0 Å². The average Bonchev–Trinajstić information content (AvgIpc) is 3.03. The number of hydrogen-bond donors (Lipinski definition) is 3. The maximum absolute atomic E-state index is 13.5. The Morgan fingerprint density at radius 3 is 2.19 bits per heavy atom. The van der Waals surface area contributed by atoms with E-state index >= 15 is 0 Å². The second-order valence-electron chi connectivity index (χ2n) is 9.65. The molecule has 0 saturated carbocycles. The topological polar surface area (TPSA) is 87.3 Å². The van der Waals surface area contributed by atoms with Gasteiger partial charge >= 0.3 is 0 Å². The van der Waals surface area contributed by atoms with E-state index in [1.807, 2.05) is 73.7 Å². The van der Waals surface area contributed by atoms with Crippen molar-refractivity contribution in [2.75, 3.05) is 10.6 Å². The minimum Gasteiger partial charge on any atom is -0.324 e. The molecule has 5 aromatic rings. The fraction of sp³-hybridized carbons (Fsp3) is 0.0571. The van der Waals surface area contributed by atoms with Crippen LogP contribution in [0.1, 0.15) is 22.8 Å². The van der Waals surface area contributed by atoms with E-state index < -0.39 is 11.8 Å². The molecule has 0 spiro atoms. The van der Waals surface area contributed by atoms with Crippen LogP contribution in [0, 0.1) is 0 Å². The Labute approximate surface area is 259 Å². The van der Waals surface area contributed by atoms with Gasteiger partial charge < -0.3 is 16.0 Å². The predicted molar refractivity (Wildman–Crippen MR) is 176 cm³/mol. The van der Waals surface area contributed by atoms with Crippen molar-refractivity contribution in [3.63, 3.8) is 0 Å². The molecule has 0 radical (unpaired) electrons. The normalized spacial score (nSPS) is 11.9. The van der Waals surface area contributed by atoms with Crippen molar-refractivity contribution < 1.29 is 14.4 Å². The van der Waals surface area contributed by atoms with E-state index in [1.54, 1.807) is 60.7 Å². The third-order valence-electron chi connectivity index (χ3n) is 6.58. The summed E-state index contributed by atoms with van der Waals surface area (Å²) in [6.45, 7) is 1.81. The van der Waals surface area contributed by atoms with Gasteiger partial charge in [-0.3, -0.25) is 14.4 Å². The van der Waals surface area contributed by atoms with Crippen LogP contribution in [0.25, 0.3) is 16.8 Å². The molecule has 5 aromatic carbocycles. The summed E-state index contributed by atoms with van der Waals surface area (Å²) in [5, 5.41) is 10.6. The summed E-state index contributed by atoms with van der Waals surface area (Å²) in [6, 6.07) is 36.7. The van der Waals surface area contributed by atoms with Crippen molar-refractivity contribution in [3.05, 3.63) is 143 Å². The maximum atomic E-state index is 13.5. The van der Waals surface area contributed by atoms with E-state index in [0.717, 1.165) is 21.2 Å². The number of nitrogens with one attached hydrogen (secondary N) is 3. The fourth-order valence-electron chi connectivity index (χ4n) is 4.34. The van der Waals surface area contributed by atoms with Crippen LogP contribution in [-0.2, 0) is 9.59 Å². The van der Waals surface area contributed by atoms with E-state index in [-0.39, 0.29) is 16.9 Å².